The highest BCUT2D eigenvalue weighted by Crippen LogP contribution is 2.45. The van der Waals surface area contributed by atoms with Gasteiger partial charge in [-0.3, -0.25) is 42.5 Å². The number of amides is 3. The van der Waals surface area contributed by atoms with Crippen molar-refractivity contribution in [1.82, 2.24) is 16.0 Å². The molecule has 0 aliphatic rings. The van der Waals surface area contributed by atoms with E-state index in [-0.39, 0.29) is 83.0 Å². The van der Waals surface area contributed by atoms with Gasteiger partial charge in [0.2, 0.25) is 17.7 Å². The van der Waals surface area contributed by atoms with Crippen molar-refractivity contribution >= 4 is 134 Å². The van der Waals surface area contributed by atoms with E-state index in [0.29, 0.717) is 53.9 Å². The van der Waals surface area contributed by atoms with Crippen molar-refractivity contribution in [1.29, 1.82) is 0 Å². The van der Waals surface area contributed by atoms with E-state index in [9.17, 15) is 47.6 Å². The molecule has 0 radical (unpaired) electrons. The number of likely N-dealkylation sites (N-methyl/N-ethyl adjacent to an activating group) is 3. The van der Waals surface area contributed by atoms with Crippen molar-refractivity contribution in [3.05, 3.63) is 35.9 Å². The number of benzene rings is 1. The van der Waals surface area contributed by atoms with Gasteiger partial charge in [-0.1, -0.05) is 154 Å². The molecule has 604 valence electrons. The highest BCUT2D eigenvalue weighted by atomic mass is 32.2. The summed E-state index contributed by atoms with van der Waals surface area (Å²) in [4.78, 5) is 121. The van der Waals surface area contributed by atoms with E-state index in [1.54, 1.807) is 46.4 Å². The van der Waals surface area contributed by atoms with Gasteiger partial charge >= 0.3 is 17.9 Å². The first-order valence-electron chi connectivity index (χ1n) is 35.8. The summed E-state index contributed by atoms with van der Waals surface area (Å²) in [5, 5.41) is 8.58. The van der Waals surface area contributed by atoms with E-state index in [4.69, 9.17) is 53.6 Å². The first-order valence-corrected chi connectivity index (χ1v) is 45.9. The molecule has 1 rings (SSSR count). The number of thiocarbonyl (C=S) groups is 1. The molecule has 0 spiro atoms. The summed E-state index contributed by atoms with van der Waals surface area (Å²) in [5.74, 6) is -5.16. The Kier molecular flexibility index (Phi) is 51.9. The molecule has 0 fully saturated rings. The predicted octanol–water partition coefficient (Wildman–Crippen LogP) is 8.76. The highest BCUT2D eigenvalue weighted by Gasteiger charge is 2.49. The summed E-state index contributed by atoms with van der Waals surface area (Å²) in [6.07, 6.45) is 12.0. The van der Waals surface area contributed by atoms with E-state index in [1.807, 2.05) is 93.8 Å². The molecule has 0 saturated carbocycles. The molecule has 0 aliphatic heterocycles. The SMILES string of the molecule is CCCCCCCCCCCCSC(=S)SC(CC(C(=O)NCCSCC(C)C(=O)OCCOP(=O)([O-])OCC[N+](C)(C)C)C(C(=O)NCCSCC(C)C(=O)OCCOP(=O)([O-])OCC[N+](C)(C)C)C(C)(C)C(=O)NCCSCC(C)C(=O)OCCOP(=O)([O-])OCC[N+](C)(C)C)c1ccccc1. The van der Waals surface area contributed by atoms with Gasteiger partial charge in [0.25, 0.3) is 23.5 Å². The minimum atomic E-state index is -4.62. The number of carbonyl (C=O) groups excluding carboxylic acids is 6. The third kappa shape index (κ3) is 50.8. The Morgan fingerprint density at radius 1 is 0.490 bits per heavy atom. The molecule has 9 atom stereocenters. The summed E-state index contributed by atoms with van der Waals surface area (Å²) >= 11 is 13.2. The van der Waals surface area contributed by atoms with Gasteiger partial charge in [0.1, 0.15) is 62.8 Å². The standard InChI is InChI=1S/C68H125N6O21P3S6/c1-16-17-18-19-20-21-22-23-24-28-46-103-67(99)104-59(57-29-26-25-27-30-57)50-58(61(75)69-31-47-100-51-54(2)63(77)87-40-43-93-96(81,82)90-37-34-72(7,8)9)60(62(76)70-32-48-101-52-55(3)64(78)88-41-44-94-97(83,84)91-38-35-73(10,11)12)68(5,6)66(80)71-33-49-102-53-56(4)65(79)89-42-45-95-98(85,86)92-39-36-74(13,14)15/h25-27,29-30,54-56,58-60H,16-24,28,31-53H2,1-15H3,(H3-3,69,70,71,75,76,80,81,82,83,84,85,86). The van der Waals surface area contributed by atoms with Crippen LogP contribution in [0, 0.1) is 35.0 Å². The van der Waals surface area contributed by atoms with Crippen LogP contribution in [0.2, 0.25) is 0 Å². The Bertz CT molecular complexity index is 2790. The Morgan fingerprint density at radius 3 is 1.21 bits per heavy atom. The predicted molar refractivity (Wildman–Crippen MR) is 418 cm³/mol. The van der Waals surface area contributed by atoms with Crippen LogP contribution in [-0.2, 0) is 83.8 Å². The van der Waals surface area contributed by atoms with Crippen LogP contribution in [0.4, 0.5) is 0 Å². The van der Waals surface area contributed by atoms with Crippen LogP contribution in [-0.4, -0.2) is 255 Å². The van der Waals surface area contributed by atoms with Crippen LogP contribution in [0.5, 0.6) is 0 Å². The van der Waals surface area contributed by atoms with E-state index in [1.165, 1.54) is 92.0 Å². The Balaban J connectivity index is 3.51. The smallest absolute Gasteiger partial charge is 0.309 e. The number of phosphoric ester groups is 3. The molecule has 36 heteroatoms. The molecular formula is C68H125N6O21P3S6. The number of nitrogens with zero attached hydrogens (tertiary/aromatic N) is 3. The number of quaternary nitrogens is 3. The highest BCUT2D eigenvalue weighted by molar-refractivity contribution is 8.47. The fourth-order valence-corrected chi connectivity index (χ4v) is 17.0. The topological polar surface area (TPSA) is 342 Å². The number of unbranched alkanes of at least 4 members (excludes halogenated alkanes) is 9. The van der Waals surface area contributed by atoms with Crippen LogP contribution in [0.25, 0.3) is 0 Å². The van der Waals surface area contributed by atoms with Gasteiger partial charge in [0, 0.05) is 59.4 Å². The molecule has 104 heavy (non-hydrogen) atoms. The lowest BCUT2D eigenvalue weighted by atomic mass is 9.68. The Hall–Kier alpha value is -1.91. The first-order chi connectivity index (χ1) is 48.6. The van der Waals surface area contributed by atoms with Gasteiger partial charge < -0.3 is 85.4 Å². The van der Waals surface area contributed by atoms with Crippen molar-refractivity contribution in [3.63, 3.8) is 0 Å². The molecule has 0 bridgehead atoms. The molecular weight excluding hydrogens is 1520 g/mol. The van der Waals surface area contributed by atoms with E-state index in [0.717, 1.165) is 30.6 Å². The summed E-state index contributed by atoms with van der Waals surface area (Å²) in [7, 11) is 3.11. The molecule has 0 aliphatic carbocycles. The van der Waals surface area contributed by atoms with E-state index in [2.05, 4.69) is 22.9 Å². The maximum atomic E-state index is 15.3. The van der Waals surface area contributed by atoms with Crippen LogP contribution >= 0.6 is 94.5 Å². The summed E-state index contributed by atoms with van der Waals surface area (Å²) in [6.45, 7) is 9.44. The molecule has 3 N–H and O–H groups in total. The lowest BCUT2D eigenvalue weighted by Crippen LogP contribution is -2.54. The van der Waals surface area contributed by atoms with Crippen molar-refractivity contribution in [2.45, 2.75) is 117 Å². The number of carbonyl (C=O) groups is 6. The van der Waals surface area contributed by atoms with Crippen molar-refractivity contribution in [2.75, 3.05) is 202 Å². The average Bonchev–Trinajstić information content (AvgIpc) is 0.783. The molecule has 1 aromatic carbocycles. The van der Waals surface area contributed by atoms with Gasteiger partial charge in [0.15, 0.2) is 0 Å². The molecule has 3 amide bonds. The minimum absolute atomic E-state index is 0.0599. The maximum absolute atomic E-state index is 15.3. The lowest BCUT2D eigenvalue weighted by Gasteiger charge is -2.38. The number of hydrogen-bond acceptors (Lipinski definition) is 27. The number of thioether (sulfide) groups is 5. The zero-order valence-electron chi connectivity index (χ0n) is 64.4. The van der Waals surface area contributed by atoms with Gasteiger partial charge in [-0.15, -0.1) is 11.8 Å². The second-order valence-electron chi connectivity index (χ2n) is 29.0. The first kappa shape index (κ1) is 100. The van der Waals surface area contributed by atoms with Crippen LogP contribution < -0.4 is 30.6 Å². The molecule has 0 aromatic heterocycles. The average molecular weight is 1650 g/mol. The van der Waals surface area contributed by atoms with Gasteiger partial charge in [-0.2, -0.15) is 35.3 Å². The number of ether oxygens (including phenoxy) is 3. The number of phosphoric acid groups is 3. The zero-order chi connectivity index (χ0) is 78.5. The van der Waals surface area contributed by atoms with Crippen molar-refractivity contribution in [2.24, 2.45) is 35.0 Å². The van der Waals surface area contributed by atoms with Crippen LogP contribution in [0.15, 0.2) is 30.3 Å². The molecule has 0 heterocycles. The third-order valence-corrected chi connectivity index (χ3v) is 25.3. The quantitative estimate of drug-likeness (QED) is 0.0137. The maximum Gasteiger partial charge on any atom is 0.309 e. The molecule has 1 aromatic rings. The molecule has 9 unspecified atom stereocenters. The van der Waals surface area contributed by atoms with E-state index < -0.39 is 119 Å². The van der Waals surface area contributed by atoms with Gasteiger partial charge in [-0.05, 0) is 24.2 Å². The van der Waals surface area contributed by atoms with Crippen molar-refractivity contribution in [3.8, 4) is 0 Å². The van der Waals surface area contributed by atoms with Crippen LogP contribution in [0.3, 0.4) is 0 Å². The molecule has 0 saturated heterocycles. The zero-order valence-corrected chi connectivity index (χ0v) is 72.0. The monoisotopic (exact) mass is 1650 g/mol. The number of rotatable bonds is 62. The summed E-state index contributed by atoms with van der Waals surface area (Å²) in [5.41, 5.74) is -0.731. The molecule has 27 nitrogen and oxygen atoms in total. The number of nitrogens with one attached hydrogen (secondary N) is 3. The minimum Gasteiger partial charge on any atom is -0.756 e. The second kappa shape index (κ2) is 53.9. The number of hydrogen-bond donors (Lipinski definition) is 3. The van der Waals surface area contributed by atoms with Crippen LogP contribution in [0.1, 0.15) is 123 Å². The third-order valence-electron chi connectivity index (χ3n) is 15.7. The largest absolute Gasteiger partial charge is 0.756 e. The lowest BCUT2D eigenvalue weighted by molar-refractivity contribution is -0.870. The summed E-state index contributed by atoms with van der Waals surface area (Å²) < 4.78 is 84.0. The Labute approximate surface area is 648 Å². The summed E-state index contributed by atoms with van der Waals surface area (Å²) in [6, 6.07) is 9.55. The van der Waals surface area contributed by atoms with Gasteiger partial charge in [-0.25, -0.2) is 0 Å². The van der Waals surface area contributed by atoms with Crippen molar-refractivity contribution < 1.29 is 112 Å². The number of esters is 3. The van der Waals surface area contributed by atoms with E-state index >= 15 is 9.59 Å². The fourth-order valence-electron chi connectivity index (χ4n) is 9.47. The fraction of sp³-hybridized carbons (Fsp3) is 0.809. The Morgan fingerprint density at radius 2 is 0.837 bits per heavy atom. The normalized spacial score (nSPS) is 15.8. The van der Waals surface area contributed by atoms with Gasteiger partial charge in [0.05, 0.1) is 118 Å². The second-order valence-corrected chi connectivity index (χ2v) is 40.2.